The molecule has 118 valence electrons. The maximum atomic E-state index is 11.0. The molecule has 1 saturated carbocycles. The lowest BCUT2D eigenvalue weighted by molar-refractivity contribution is -0.112. The third-order valence-corrected chi connectivity index (χ3v) is 4.38. The summed E-state index contributed by atoms with van der Waals surface area (Å²) in [7, 11) is 0. The lowest BCUT2D eigenvalue weighted by Gasteiger charge is -2.23. The third kappa shape index (κ3) is 3.11. The SMILES string of the molecule is O=CC(CO)Cc1[nH]nc2ccnc(NC3CCCCC3)c12. The Morgan fingerprint density at radius 2 is 2.23 bits per heavy atom. The van der Waals surface area contributed by atoms with Crippen LogP contribution in [0.1, 0.15) is 37.8 Å². The van der Waals surface area contributed by atoms with Gasteiger partial charge in [-0.25, -0.2) is 4.98 Å². The number of nitrogens with zero attached hydrogens (tertiary/aromatic N) is 2. The van der Waals surface area contributed by atoms with Crippen molar-refractivity contribution in [3.8, 4) is 0 Å². The van der Waals surface area contributed by atoms with Gasteiger partial charge in [-0.15, -0.1) is 0 Å². The van der Waals surface area contributed by atoms with E-state index in [2.05, 4.69) is 20.5 Å². The fraction of sp³-hybridized carbons (Fsp3) is 0.562. The molecule has 22 heavy (non-hydrogen) atoms. The highest BCUT2D eigenvalue weighted by atomic mass is 16.3. The Kier molecular flexibility index (Phi) is 4.68. The maximum Gasteiger partial charge on any atom is 0.137 e. The topological polar surface area (TPSA) is 90.9 Å². The van der Waals surface area contributed by atoms with Gasteiger partial charge in [0.05, 0.1) is 17.5 Å². The minimum absolute atomic E-state index is 0.157. The predicted octanol–water partition coefficient (Wildman–Crippen LogP) is 2.05. The van der Waals surface area contributed by atoms with E-state index in [1.54, 1.807) is 6.20 Å². The summed E-state index contributed by atoms with van der Waals surface area (Å²) in [5.41, 5.74) is 1.69. The zero-order chi connectivity index (χ0) is 15.4. The van der Waals surface area contributed by atoms with E-state index in [-0.39, 0.29) is 6.61 Å². The van der Waals surface area contributed by atoms with Gasteiger partial charge in [0.2, 0.25) is 0 Å². The molecule has 6 heteroatoms. The minimum Gasteiger partial charge on any atom is -0.396 e. The second kappa shape index (κ2) is 6.87. The summed E-state index contributed by atoms with van der Waals surface area (Å²) in [5, 5.41) is 21.0. The summed E-state index contributed by atoms with van der Waals surface area (Å²) in [6.45, 7) is -0.157. The van der Waals surface area contributed by atoms with Gasteiger partial charge in [-0.3, -0.25) is 5.10 Å². The molecule has 2 aromatic heterocycles. The standard InChI is InChI=1S/C16H22N4O2/c21-9-11(10-22)8-14-15-13(19-20-14)6-7-17-16(15)18-12-4-2-1-3-5-12/h6-7,9,11-12,22H,1-5,8,10H2,(H,17,18)(H,19,20). The number of carbonyl (C=O) groups is 1. The number of aliphatic hydroxyl groups excluding tert-OH is 1. The molecule has 3 N–H and O–H groups in total. The van der Waals surface area contributed by atoms with E-state index in [9.17, 15) is 9.90 Å². The number of fused-ring (bicyclic) bond motifs is 1. The number of carbonyl (C=O) groups excluding carboxylic acids is 1. The Balaban J connectivity index is 1.88. The summed E-state index contributed by atoms with van der Waals surface area (Å²) in [6.07, 6.45) is 9.13. The summed E-state index contributed by atoms with van der Waals surface area (Å²) < 4.78 is 0. The lowest BCUT2D eigenvalue weighted by atomic mass is 9.95. The first kappa shape index (κ1) is 15.0. The molecule has 0 radical (unpaired) electrons. The average Bonchev–Trinajstić information content (AvgIpc) is 2.97. The lowest BCUT2D eigenvalue weighted by Crippen LogP contribution is -2.23. The second-order valence-corrected chi connectivity index (χ2v) is 6.02. The summed E-state index contributed by atoms with van der Waals surface area (Å²) >= 11 is 0. The number of pyridine rings is 1. The van der Waals surface area contributed by atoms with Crippen molar-refractivity contribution < 1.29 is 9.90 Å². The Morgan fingerprint density at radius 3 is 2.95 bits per heavy atom. The molecular weight excluding hydrogens is 280 g/mol. The van der Waals surface area contributed by atoms with Crippen LogP contribution in [0, 0.1) is 5.92 Å². The third-order valence-electron chi connectivity index (χ3n) is 4.38. The van der Waals surface area contributed by atoms with E-state index in [0.717, 1.165) is 28.7 Å². The fourth-order valence-corrected chi connectivity index (χ4v) is 3.14. The van der Waals surface area contributed by atoms with E-state index in [0.29, 0.717) is 12.5 Å². The number of rotatable bonds is 6. The van der Waals surface area contributed by atoms with Crippen molar-refractivity contribution in [3.63, 3.8) is 0 Å². The highest BCUT2D eigenvalue weighted by molar-refractivity contribution is 5.91. The zero-order valence-corrected chi connectivity index (χ0v) is 12.6. The van der Waals surface area contributed by atoms with Crippen LogP contribution in [0.5, 0.6) is 0 Å². The van der Waals surface area contributed by atoms with Crippen molar-refractivity contribution >= 4 is 23.0 Å². The molecule has 0 amide bonds. The molecule has 0 aliphatic heterocycles. The smallest absolute Gasteiger partial charge is 0.137 e. The van der Waals surface area contributed by atoms with Crippen LogP contribution in [-0.2, 0) is 11.2 Å². The molecule has 2 heterocycles. The van der Waals surface area contributed by atoms with Crippen LogP contribution in [0.15, 0.2) is 12.3 Å². The van der Waals surface area contributed by atoms with Crippen LogP contribution in [0.3, 0.4) is 0 Å². The number of anilines is 1. The first-order valence-electron chi connectivity index (χ1n) is 7.96. The Labute approximate surface area is 129 Å². The molecule has 1 aliphatic rings. The number of H-pyrrole nitrogens is 1. The summed E-state index contributed by atoms with van der Waals surface area (Å²) in [4.78, 5) is 15.4. The van der Waals surface area contributed by atoms with Crippen molar-refractivity contribution in [1.29, 1.82) is 0 Å². The maximum absolute atomic E-state index is 11.0. The average molecular weight is 302 g/mol. The normalized spacial score (nSPS) is 17.5. The van der Waals surface area contributed by atoms with Crippen molar-refractivity contribution in [2.75, 3.05) is 11.9 Å². The quantitative estimate of drug-likeness (QED) is 0.710. The van der Waals surface area contributed by atoms with Gasteiger partial charge >= 0.3 is 0 Å². The van der Waals surface area contributed by atoms with E-state index in [1.807, 2.05) is 6.07 Å². The Morgan fingerprint density at radius 1 is 1.41 bits per heavy atom. The fourth-order valence-electron chi connectivity index (χ4n) is 3.14. The second-order valence-electron chi connectivity index (χ2n) is 6.02. The molecule has 3 rings (SSSR count). The highest BCUT2D eigenvalue weighted by Gasteiger charge is 2.19. The van der Waals surface area contributed by atoms with Crippen LogP contribution in [0.4, 0.5) is 5.82 Å². The number of aromatic amines is 1. The molecule has 2 aromatic rings. The Bertz CT molecular complexity index is 634. The van der Waals surface area contributed by atoms with Crippen molar-refractivity contribution in [1.82, 2.24) is 15.2 Å². The molecule has 1 unspecified atom stereocenters. The van der Waals surface area contributed by atoms with Crippen LogP contribution >= 0.6 is 0 Å². The molecule has 0 spiro atoms. The molecule has 6 nitrogen and oxygen atoms in total. The van der Waals surface area contributed by atoms with E-state index < -0.39 is 5.92 Å². The van der Waals surface area contributed by atoms with Crippen molar-refractivity contribution in [2.45, 2.75) is 44.6 Å². The summed E-state index contributed by atoms with van der Waals surface area (Å²) in [5.74, 6) is 0.419. The number of nitrogens with one attached hydrogen (secondary N) is 2. The van der Waals surface area contributed by atoms with Gasteiger partial charge in [-0.2, -0.15) is 5.10 Å². The first-order chi connectivity index (χ1) is 10.8. The predicted molar refractivity (Wildman–Crippen MR) is 84.7 cm³/mol. The Hall–Kier alpha value is -1.95. The molecular formula is C16H22N4O2. The van der Waals surface area contributed by atoms with Gasteiger partial charge in [0, 0.05) is 30.3 Å². The number of hydrogen-bond acceptors (Lipinski definition) is 5. The van der Waals surface area contributed by atoms with Crippen molar-refractivity contribution in [2.24, 2.45) is 5.92 Å². The van der Waals surface area contributed by atoms with Crippen LogP contribution in [-0.4, -0.2) is 39.2 Å². The number of aliphatic hydroxyl groups is 1. The summed E-state index contributed by atoms with van der Waals surface area (Å²) in [6, 6.07) is 2.31. The van der Waals surface area contributed by atoms with E-state index >= 15 is 0 Å². The monoisotopic (exact) mass is 302 g/mol. The molecule has 0 bridgehead atoms. The van der Waals surface area contributed by atoms with E-state index in [1.165, 1.54) is 32.1 Å². The molecule has 1 aliphatic carbocycles. The molecule has 1 fully saturated rings. The largest absolute Gasteiger partial charge is 0.396 e. The number of hydrogen-bond donors (Lipinski definition) is 3. The van der Waals surface area contributed by atoms with Gasteiger partial charge in [0.25, 0.3) is 0 Å². The molecule has 1 atom stereocenters. The van der Waals surface area contributed by atoms with Crippen LogP contribution < -0.4 is 5.32 Å². The minimum atomic E-state index is -0.411. The zero-order valence-electron chi connectivity index (χ0n) is 12.6. The van der Waals surface area contributed by atoms with Crippen LogP contribution in [0.25, 0.3) is 10.9 Å². The highest BCUT2D eigenvalue weighted by Crippen LogP contribution is 2.28. The van der Waals surface area contributed by atoms with Gasteiger partial charge < -0.3 is 15.2 Å². The first-order valence-corrected chi connectivity index (χ1v) is 7.96. The van der Waals surface area contributed by atoms with E-state index in [4.69, 9.17) is 0 Å². The number of aldehydes is 1. The van der Waals surface area contributed by atoms with Crippen molar-refractivity contribution in [3.05, 3.63) is 18.0 Å². The van der Waals surface area contributed by atoms with Crippen LogP contribution in [0.2, 0.25) is 0 Å². The molecule has 0 saturated heterocycles. The molecule has 0 aromatic carbocycles. The van der Waals surface area contributed by atoms with Gasteiger partial charge in [0.15, 0.2) is 0 Å². The van der Waals surface area contributed by atoms with Gasteiger partial charge in [-0.05, 0) is 18.9 Å². The van der Waals surface area contributed by atoms with Gasteiger partial charge in [0.1, 0.15) is 12.1 Å². The van der Waals surface area contributed by atoms with Gasteiger partial charge in [-0.1, -0.05) is 19.3 Å². The number of aromatic nitrogens is 3.